The van der Waals surface area contributed by atoms with Crippen molar-refractivity contribution in [2.45, 2.75) is 39.2 Å². The van der Waals surface area contributed by atoms with E-state index in [1.807, 2.05) is 0 Å². The predicted octanol–water partition coefficient (Wildman–Crippen LogP) is 1.39. The maximum atomic E-state index is 5.87. The number of hydrogen-bond acceptors (Lipinski definition) is 3. The van der Waals surface area contributed by atoms with E-state index in [1.54, 1.807) is 0 Å². The van der Waals surface area contributed by atoms with Crippen molar-refractivity contribution in [3.8, 4) is 0 Å². The monoisotopic (exact) mass is 239 g/mol. The zero-order valence-electron chi connectivity index (χ0n) is 11.6. The molecule has 0 aromatic rings. The lowest BCUT2D eigenvalue weighted by Gasteiger charge is -2.27. The van der Waals surface area contributed by atoms with E-state index in [-0.39, 0.29) is 0 Å². The number of nitrogens with two attached hydrogens (primary N) is 1. The molecule has 0 amide bonds. The average Bonchev–Trinajstić information content (AvgIpc) is 2.95. The Morgan fingerprint density at radius 3 is 2.47 bits per heavy atom. The van der Waals surface area contributed by atoms with Gasteiger partial charge in [0.25, 0.3) is 0 Å². The molecule has 0 aliphatic carbocycles. The average molecular weight is 239 g/mol. The predicted molar refractivity (Wildman–Crippen MR) is 73.0 cm³/mol. The minimum absolute atomic E-state index is 0.673. The molecule has 2 heterocycles. The topological polar surface area (TPSA) is 32.5 Å². The van der Waals surface area contributed by atoms with Crippen molar-refractivity contribution in [1.29, 1.82) is 0 Å². The first-order valence-electron chi connectivity index (χ1n) is 7.37. The van der Waals surface area contributed by atoms with Gasteiger partial charge >= 0.3 is 0 Å². The maximum absolute atomic E-state index is 5.87. The summed E-state index contributed by atoms with van der Waals surface area (Å²) in [4.78, 5) is 5.34. The molecule has 0 radical (unpaired) electrons. The van der Waals surface area contributed by atoms with E-state index in [4.69, 9.17) is 5.73 Å². The Morgan fingerprint density at radius 1 is 1.18 bits per heavy atom. The van der Waals surface area contributed by atoms with Crippen molar-refractivity contribution in [3.63, 3.8) is 0 Å². The fraction of sp³-hybridized carbons (Fsp3) is 1.00. The van der Waals surface area contributed by atoms with Gasteiger partial charge in [0.1, 0.15) is 0 Å². The van der Waals surface area contributed by atoms with Crippen molar-refractivity contribution in [2.24, 2.45) is 17.6 Å². The molecule has 2 N–H and O–H groups in total. The van der Waals surface area contributed by atoms with Gasteiger partial charge in [-0.3, -0.25) is 4.90 Å². The van der Waals surface area contributed by atoms with Crippen LogP contribution < -0.4 is 5.73 Å². The van der Waals surface area contributed by atoms with Crippen LogP contribution in [0.3, 0.4) is 0 Å². The SMILES string of the molecule is CC(C)C(CN)CN1CCC(N2CCCC2)C1. The summed E-state index contributed by atoms with van der Waals surface area (Å²) in [6.07, 6.45) is 4.19. The van der Waals surface area contributed by atoms with Gasteiger partial charge in [-0.25, -0.2) is 0 Å². The summed E-state index contributed by atoms with van der Waals surface area (Å²) in [5, 5.41) is 0. The Kier molecular flexibility index (Phi) is 4.83. The lowest BCUT2D eigenvalue weighted by atomic mass is 9.95. The molecule has 3 heteroatoms. The Bertz CT molecular complexity index is 224. The van der Waals surface area contributed by atoms with Crippen LogP contribution in [0.4, 0.5) is 0 Å². The second kappa shape index (κ2) is 6.17. The van der Waals surface area contributed by atoms with Gasteiger partial charge < -0.3 is 10.6 Å². The summed E-state index contributed by atoms with van der Waals surface area (Å²) in [5.74, 6) is 1.39. The van der Waals surface area contributed by atoms with Crippen molar-refractivity contribution >= 4 is 0 Å². The molecule has 0 aromatic heterocycles. The van der Waals surface area contributed by atoms with Crippen molar-refractivity contribution in [2.75, 3.05) is 39.3 Å². The van der Waals surface area contributed by atoms with E-state index in [0.717, 1.165) is 12.6 Å². The molecule has 100 valence electrons. The Balaban J connectivity index is 1.77. The summed E-state index contributed by atoms with van der Waals surface area (Å²) in [6, 6.07) is 0.836. The molecule has 2 aliphatic rings. The first kappa shape index (κ1) is 13.3. The molecule has 0 aromatic carbocycles. The van der Waals surface area contributed by atoms with Gasteiger partial charge in [-0.15, -0.1) is 0 Å². The Labute approximate surface area is 106 Å². The molecule has 0 spiro atoms. The largest absolute Gasteiger partial charge is 0.330 e. The summed E-state index contributed by atoms with van der Waals surface area (Å²) in [7, 11) is 0. The number of hydrogen-bond donors (Lipinski definition) is 1. The molecule has 17 heavy (non-hydrogen) atoms. The van der Waals surface area contributed by atoms with Crippen LogP contribution in [0.15, 0.2) is 0 Å². The standard InChI is InChI=1S/C14H29N3/c1-12(2)13(9-15)10-16-8-5-14(11-16)17-6-3-4-7-17/h12-14H,3-11,15H2,1-2H3. The summed E-state index contributed by atoms with van der Waals surface area (Å²) < 4.78 is 0. The Morgan fingerprint density at radius 2 is 1.88 bits per heavy atom. The molecule has 2 atom stereocenters. The van der Waals surface area contributed by atoms with Crippen LogP contribution in [0.25, 0.3) is 0 Å². The molecule has 2 fully saturated rings. The maximum Gasteiger partial charge on any atom is 0.0235 e. The zero-order valence-corrected chi connectivity index (χ0v) is 11.6. The van der Waals surface area contributed by atoms with Crippen LogP contribution in [0.5, 0.6) is 0 Å². The third-order valence-electron chi connectivity index (χ3n) is 4.64. The second-order valence-corrected chi connectivity index (χ2v) is 6.18. The normalized spacial score (nSPS) is 29.3. The molecule has 0 bridgehead atoms. The van der Waals surface area contributed by atoms with Crippen LogP contribution in [-0.4, -0.2) is 55.1 Å². The molecule has 2 saturated heterocycles. The molecule has 2 unspecified atom stereocenters. The van der Waals surface area contributed by atoms with Crippen molar-refractivity contribution in [3.05, 3.63) is 0 Å². The molecule has 3 nitrogen and oxygen atoms in total. The molecular weight excluding hydrogens is 210 g/mol. The lowest BCUT2D eigenvalue weighted by molar-refractivity contribution is 0.205. The number of nitrogens with zero attached hydrogens (tertiary/aromatic N) is 2. The van der Waals surface area contributed by atoms with Gasteiger partial charge in [0.05, 0.1) is 0 Å². The molecule has 0 saturated carbocycles. The first-order valence-corrected chi connectivity index (χ1v) is 7.37. The quantitative estimate of drug-likeness (QED) is 0.787. The molecular formula is C14H29N3. The fourth-order valence-corrected chi connectivity index (χ4v) is 3.27. The highest BCUT2D eigenvalue weighted by Crippen LogP contribution is 2.22. The van der Waals surface area contributed by atoms with Gasteiger partial charge in [-0.2, -0.15) is 0 Å². The van der Waals surface area contributed by atoms with E-state index in [1.165, 1.54) is 52.0 Å². The minimum atomic E-state index is 0.673. The smallest absolute Gasteiger partial charge is 0.0235 e. The van der Waals surface area contributed by atoms with E-state index in [0.29, 0.717) is 11.8 Å². The number of rotatable bonds is 5. The van der Waals surface area contributed by atoms with E-state index >= 15 is 0 Å². The second-order valence-electron chi connectivity index (χ2n) is 6.18. The van der Waals surface area contributed by atoms with Gasteiger partial charge in [0.2, 0.25) is 0 Å². The van der Waals surface area contributed by atoms with E-state index in [9.17, 15) is 0 Å². The third-order valence-corrected chi connectivity index (χ3v) is 4.64. The minimum Gasteiger partial charge on any atom is -0.330 e. The van der Waals surface area contributed by atoms with Gasteiger partial charge in [-0.05, 0) is 57.3 Å². The van der Waals surface area contributed by atoms with Crippen molar-refractivity contribution in [1.82, 2.24) is 9.80 Å². The van der Waals surface area contributed by atoms with Crippen LogP contribution in [0.1, 0.15) is 33.1 Å². The Hall–Kier alpha value is -0.120. The van der Waals surface area contributed by atoms with Crippen LogP contribution in [0.2, 0.25) is 0 Å². The zero-order chi connectivity index (χ0) is 12.3. The number of likely N-dealkylation sites (tertiary alicyclic amines) is 2. The lowest BCUT2D eigenvalue weighted by Crippen LogP contribution is -2.38. The fourth-order valence-electron chi connectivity index (χ4n) is 3.27. The molecule has 2 rings (SSSR count). The van der Waals surface area contributed by atoms with Crippen LogP contribution >= 0.6 is 0 Å². The van der Waals surface area contributed by atoms with E-state index in [2.05, 4.69) is 23.6 Å². The highest BCUT2D eigenvalue weighted by molar-refractivity contribution is 4.86. The third kappa shape index (κ3) is 3.43. The van der Waals surface area contributed by atoms with Crippen molar-refractivity contribution < 1.29 is 0 Å². The van der Waals surface area contributed by atoms with Gasteiger partial charge in [0.15, 0.2) is 0 Å². The summed E-state index contributed by atoms with van der Waals surface area (Å²) in [5.41, 5.74) is 5.87. The van der Waals surface area contributed by atoms with Gasteiger partial charge in [0, 0.05) is 19.1 Å². The van der Waals surface area contributed by atoms with Crippen LogP contribution in [0, 0.1) is 11.8 Å². The summed E-state index contributed by atoms with van der Waals surface area (Å²) in [6.45, 7) is 11.9. The highest BCUT2D eigenvalue weighted by Gasteiger charge is 2.30. The highest BCUT2D eigenvalue weighted by atomic mass is 15.3. The van der Waals surface area contributed by atoms with Gasteiger partial charge in [-0.1, -0.05) is 13.8 Å². The van der Waals surface area contributed by atoms with E-state index < -0.39 is 0 Å². The first-order chi connectivity index (χ1) is 8.20. The van der Waals surface area contributed by atoms with Crippen LogP contribution in [-0.2, 0) is 0 Å². The molecule has 2 aliphatic heterocycles. The summed E-state index contributed by atoms with van der Waals surface area (Å²) >= 11 is 0.